The second-order valence-electron chi connectivity index (χ2n) is 6.49. The van der Waals surface area contributed by atoms with Crippen molar-refractivity contribution in [2.24, 2.45) is 17.1 Å². The van der Waals surface area contributed by atoms with Crippen LogP contribution in [-0.2, 0) is 14.3 Å². The van der Waals surface area contributed by atoms with E-state index in [4.69, 9.17) is 15.2 Å². The normalized spacial score (nSPS) is 25.7. The summed E-state index contributed by atoms with van der Waals surface area (Å²) in [5.74, 6) is 0.00661. The van der Waals surface area contributed by atoms with Crippen molar-refractivity contribution in [2.75, 3.05) is 33.9 Å². The molecule has 0 radical (unpaired) electrons. The van der Waals surface area contributed by atoms with E-state index in [1.165, 1.54) is 0 Å². The van der Waals surface area contributed by atoms with Crippen molar-refractivity contribution < 1.29 is 14.3 Å². The van der Waals surface area contributed by atoms with Gasteiger partial charge in [0.15, 0.2) is 0 Å². The zero-order valence-electron chi connectivity index (χ0n) is 12.8. The minimum Gasteiger partial charge on any atom is -0.377 e. The first-order chi connectivity index (χ1) is 8.82. The van der Waals surface area contributed by atoms with Crippen molar-refractivity contribution in [3.05, 3.63) is 0 Å². The third-order valence-corrected chi connectivity index (χ3v) is 3.63. The molecule has 2 N–H and O–H groups in total. The maximum atomic E-state index is 12.5. The summed E-state index contributed by atoms with van der Waals surface area (Å²) in [6.45, 7) is 7.96. The first-order valence-corrected chi connectivity index (χ1v) is 6.86. The second-order valence-corrected chi connectivity index (χ2v) is 6.49. The number of ether oxygens (including phenoxy) is 2. The number of methoxy groups -OCH3 is 2. The molecule has 3 unspecified atom stereocenters. The van der Waals surface area contributed by atoms with Gasteiger partial charge < -0.3 is 20.1 Å². The van der Waals surface area contributed by atoms with Gasteiger partial charge in [0.1, 0.15) is 12.2 Å². The molecule has 0 aliphatic carbocycles. The highest BCUT2D eigenvalue weighted by atomic mass is 16.5. The molecule has 0 aromatic heterocycles. The molecule has 1 rings (SSSR count). The number of carbonyl (C=O) groups excluding carboxylic acids is 1. The van der Waals surface area contributed by atoms with Gasteiger partial charge in [0.25, 0.3) is 0 Å². The van der Waals surface area contributed by atoms with Gasteiger partial charge in [-0.2, -0.15) is 0 Å². The molecule has 1 saturated heterocycles. The highest BCUT2D eigenvalue weighted by Crippen LogP contribution is 2.27. The average Bonchev–Trinajstić information content (AvgIpc) is 2.77. The van der Waals surface area contributed by atoms with Gasteiger partial charge in [-0.05, 0) is 11.8 Å². The van der Waals surface area contributed by atoms with Crippen LogP contribution in [0.3, 0.4) is 0 Å². The van der Waals surface area contributed by atoms with Crippen LogP contribution in [0.25, 0.3) is 0 Å². The summed E-state index contributed by atoms with van der Waals surface area (Å²) in [4.78, 5) is 14.3. The minimum absolute atomic E-state index is 0.0398. The lowest BCUT2D eigenvalue weighted by molar-refractivity contribution is -0.135. The van der Waals surface area contributed by atoms with Gasteiger partial charge in [-0.3, -0.25) is 4.79 Å². The van der Waals surface area contributed by atoms with Crippen molar-refractivity contribution in [1.29, 1.82) is 0 Å². The van der Waals surface area contributed by atoms with E-state index in [9.17, 15) is 4.79 Å². The Kier molecular flexibility index (Phi) is 5.77. The van der Waals surface area contributed by atoms with E-state index >= 15 is 0 Å². The number of carbonyl (C=O) groups is 1. The lowest BCUT2D eigenvalue weighted by Crippen LogP contribution is -2.40. The van der Waals surface area contributed by atoms with Crippen LogP contribution in [0.1, 0.15) is 27.2 Å². The van der Waals surface area contributed by atoms with E-state index in [0.717, 1.165) is 6.42 Å². The van der Waals surface area contributed by atoms with Crippen LogP contribution >= 0.6 is 0 Å². The Labute approximate surface area is 116 Å². The molecule has 0 bridgehead atoms. The molecule has 5 heteroatoms. The maximum Gasteiger partial charge on any atom is 0.227 e. The standard InChI is InChI=1S/C14H28N2O3/c1-14(2,3)6-10(7-15)13(17)16-8-11(18-4)12(9-16)19-5/h10-12H,6-9,15H2,1-5H3. The third kappa shape index (κ3) is 4.44. The first-order valence-electron chi connectivity index (χ1n) is 6.86. The van der Waals surface area contributed by atoms with Crippen molar-refractivity contribution in [1.82, 2.24) is 4.90 Å². The molecule has 1 fully saturated rings. The van der Waals surface area contributed by atoms with Crippen LogP contribution in [0.15, 0.2) is 0 Å². The molecule has 1 amide bonds. The molecule has 5 nitrogen and oxygen atoms in total. The molecule has 19 heavy (non-hydrogen) atoms. The van der Waals surface area contributed by atoms with Gasteiger partial charge in [-0.15, -0.1) is 0 Å². The molecule has 3 atom stereocenters. The Bertz CT molecular complexity index is 290. The Morgan fingerprint density at radius 1 is 1.26 bits per heavy atom. The quantitative estimate of drug-likeness (QED) is 0.806. The lowest BCUT2D eigenvalue weighted by atomic mass is 9.84. The number of likely N-dealkylation sites (tertiary alicyclic amines) is 1. The number of hydrogen-bond acceptors (Lipinski definition) is 4. The van der Waals surface area contributed by atoms with Gasteiger partial charge in [0, 0.05) is 33.9 Å². The van der Waals surface area contributed by atoms with Crippen LogP contribution in [0.4, 0.5) is 0 Å². The monoisotopic (exact) mass is 272 g/mol. The fraction of sp³-hybridized carbons (Fsp3) is 0.929. The number of hydrogen-bond donors (Lipinski definition) is 1. The van der Waals surface area contributed by atoms with Gasteiger partial charge in [-0.25, -0.2) is 0 Å². The molecule has 1 aliphatic rings. The van der Waals surface area contributed by atoms with Crippen molar-refractivity contribution >= 4 is 5.91 Å². The summed E-state index contributed by atoms with van der Waals surface area (Å²) in [5, 5.41) is 0. The molecule has 0 spiro atoms. The molecule has 1 aliphatic heterocycles. The Balaban J connectivity index is 2.66. The molecule has 0 aromatic rings. The van der Waals surface area contributed by atoms with E-state index in [1.54, 1.807) is 14.2 Å². The van der Waals surface area contributed by atoms with Crippen LogP contribution in [-0.4, -0.2) is 56.9 Å². The fourth-order valence-corrected chi connectivity index (χ4v) is 2.65. The maximum absolute atomic E-state index is 12.5. The number of rotatable bonds is 5. The van der Waals surface area contributed by atoms with Crippen molar-refractivity contribution in [3.63, 3.8) is 0 Å². The largest absolute Gasteiger partial charge is 0.377 e. The Morgan fingerprint density at radius 2 is 1.74 bits per heavy atom. The first kappa shape index (κ1) is 16.4. The van der Waals surface area contributed by atoms with E-state index in [-0.39, 0.29) is 29.4 Å². The summed E-state index contributed by atoms with van der Waals surface area (Å²) >= 11 is 0. The second kappa shape index (κ2) is 6.68. The summed E-state index contributed by atoms with van der Waals surface area (Å²) < 4.78 is 10.7. The van der Waals surface area contributed by atoms with Crippen molar-refractivity contribution in [2.45, 2.75) is 39.4 Å². The summed E-state index contributed by atoms with van der Waals surface area (Å²) in [6.07, 6.45) is 0.720. The molecule has 0 aromatic carbocycles. The van der Waals surface area contributed by atoms with Gasteiger partial charge >= 0.3 is 0 Å². The van der Waals surface area contributed by atoms with Crippen LogP contribution in [0.2, 0.25) is 0 Å². The smallest absolute Gasteiger partial charge is 0.227 e. The van der Waals surface area contributed by atoms with Crippen LogP contribution < -0.4 is 5.73 Å². The van der Waals surface area contributed by atoms with E-state index in [1.807, 2.05) is 4.90 Å². The van der Waals surface area contributed by atoms with Crippen LogP contribution in [0, 0.1) is 11.3 Å². The predicted molar refractivity (Wildman–Crippen MR) is 74.8 cm³/mol. The summed E-state index contributed by atoms with van der Waals surface area (Å²) in [5.41, 5.74) is 5.87. The zero-order chi connectivity index (χ0) is 14.6. The summed E-state index contributed by atoms with van der Waals surface area (Å²) in [6, 6.07) is 0. The average molecular weight is 272 g/mol. The van der Waals surface area contributed by atoms with Gasteiger partial charge in [0.05, 0.1) is 5.92 Å². The minimum atomic E-state index is -0.117. The fourth-order valence-electron chi connectivity index (χ4n) is 2.65. The Morgan fingerprint density at radius 3 is 2.05 bits per heavy atom. The topological polar surface area (TPSA) is 64.8 Å². The highest BCUT2D eigenvalue weighted by Gasteiger charge is 2.38. The number of nitrogens with zero attached hydrogens (tertiary/aromatic N) is 1. The third-order valence-electron chi connectivity index (χ3n) is 3.63. The molecule has 112 valence electrons. The summed E-state index contributed by atoms with van der Waals surface area (Å²) in [7, 11) is 3.31. The van der Waals surface area contributed by atoms with E-state index < -0.39 is 0 Å². The molecule has 0 saturated carbocycles. The van der Waals surface area contributed by atoms with Gasteiger partial charge in [-0.1, -0.05) is 20.8 Å². The number of amides is 1. The number of nitrogens with two attached hydrogens (primary N) is 1. The molecular formula is C14H28N2O3. The van der Waals surface area contributed by atoms with E-state index in [2.05, 4.69) is 20.8 Å². The van der Waals surface area contributed by atoms with E-state index in [0.29, 0.717) is 19.6 Å². The SMILES string of the molecule is COC1CN(C(=O)C(CN)CC(C)(C)C)CC1OC. The Hall–Kier alpha value is -0.650. The molecular weight excluding hydrogens is 244 g/mol. The molecule has 1 heterocycles. The predicted octanol–water partition coefficient (Wildman–Crippen LogP) is 0.870. The van der Waals surface area contributed by atoms with Crippen LogP contribution in [0.5, 0.6) is 0 Å². The highest BCUT2D eigenvalue weighted by molar-refractivity contribution is 5.79. The zero-order valence-corrected chi connectivity index (χ0v) is 12.8. The van der Waals surface area contributed by atoms with Gasteiger partial charge in [0.2, 0.25) is 5.91 Å². The van der Waals surface area contributed by atoms with Crippen molar-refractivity contribution in [3.8, 4) is 0 Å². The lowest BCUT2D eigenvalue weighted by Gasteiger charge is -2.27.